The third-order valence-electron chi connectivity index (χ3n) is 17.0. The molecule has 101 heavy (non-hydrogen) atoms. The van der Waals surface area contributed by atoms with Crippen LogP contribution >= 0.6 is 0 Å². The largest absolute Gasteiger partial charge is 0.481 e. The summed E-state index contributed by atoms with van der Waals surface area (Å²) in [6.07, 6.45) is 1.54. The van der Waals surface area contributed by atoms with Crippen molar-refractivity contribution in [2.45, 2.75) is 141 Å². The highest BCUT2D eigenvalue weighted by Gasteiger charge is 2.52. The zero-order chi connectivity index (χ0) is 72.9. The van der Waals surface area contributed by atoms with Gasteiger partial charge in [0, 0.05) is 68.5 Å². The number of carboxylic acids is 1. The first-order valence-electron chi connectivity index (χ1n) is 35.0. The Morgan fingerprint density at radius 2 is 1.23 bits per heavy atom. The molecule has 10 N–H and O–H groups in total. The van der Waals surface area contributed by atoms with Crippen LogP contribution in [0.4, 0.5) is 0 Å². The number of aliphatic carboxylic acids is 1. The Morgan fingerprint density at radius 3 is 1.79 bits per heavy atom. The number of fused-ring (bicyclic) bond motifs is 5. The van der Waals surface area contributed by atoms with Crippen LogP contribution in [0.15, 0.2) is 35.1 Å². The zero-order valence-electron chi connectivity index (χ0n) is 58.7. The van der Waals surface area contributed by atoms with Crippen molar-refractivity contribution < 1.29 is 100 Å². The number of carbonyl (C=O) groups excluding carboxylic acids is 8. The number of nitrogens with zero attached hydrogens (tertiary/aromatic N) is 3. The highest BCUT2D eigenvalue weighted by atomic mass is 16.6. The van der Waals surface area contributed by atoms with E-state index in [2.05, 4.69) is 26.6 Å². The summed E-state index contributed by atoms with van der Waals surface area (Å²) in [7, 11) is 0. The maximum atomic E-state index is 14.5. The molecule has 0 saturated carbocycles. The highest BCUT2D eigenvalue weighted by Crippen LogP contribution is 2.42. The average Bonchev–Trinajstić information content (AvgIpc) is 1.65. The summed E-state index contributed by atoms with van der Waals surface area (Å²) in [6, 6.07) is 4.40. The summed E-state index contributed by atoms with van der Waals surface area (Å²) in [5.74, 6) is -7.13. The number of pyridine rings is 2. The van der Waals surface area contributed by atoms with Gasteiger partial charge in [-0.15, -0.1) is 0 Å². The fourth-order valence-electron chi connectivity index (χ4n) is 11.8. The zero-order valence-corrected chi connectivity index (χ0v) is 58.7. The lowest BCUT2D eigenvalue weighted by Gasteiger charge is -2.37. The van der Waals surface area contributed by atoms with Crippen LogP contribution < -0.4 is 43.6 Å². The Balaban J connectivity index is 0.892. The number of nitrogens with one attached hydrogen (secondary N) is 5. The first kappa shape index (κ1) is 82.3. The van der Waals surface area contributed by atoms with Gasteiger partial charge in [-0.3, -0.25) is 38.4 Å². The molecule has 0 aliphatic carbocycles. The number of aromatic nitrogens is 2. The number of nitrogens with two attached hydrogens (primary N) is 2. The summed E-state index contributed by atoms with van der Waals surface area (Å²) < 4.78 is 62.4. The molecule has 0 spiro atoms. The van der Waals surface area contributed by atoms with Gasteiger partial charge in [-0.25, -0.2) is 14.6 Å². The Hall–Kier alpha value is -7.63. The summed E-state index contributed by atoms with van der Waals surface area (Å²) in [4.78, 5) is 141. The van der Waals surface area contributed by atoms with Gasteiger partial charge in [0.2, 0.25) is 41.0 Å². The molecule has 3 aromatic rings. The summed E-state index contributed by atoms with van der Waals surface area (Å²) in [5.41, 5.74) is 12.3. The SMILES string of the molecule is CCc1c2c(nc3ccccc13)-c1cc3c(c(=O)n1C2)COC(=O)[C@@]3(CC)OC(=O)[C@@H](NC(=O)[C@@H]1CCCN1C(=O)[C@H](CC(=O)O)NC(=O)CCOCCOCCOCCNC(=O)[C@H](CCCCNC(=O)CCOCCOCCOCCN)NC(=O)CCOCCOCCOCCN)C(C)C. The summed E-state index contributed by atoms with van der Waals surface area (Å²) in [6.45, 7) is 13.0. The number of para-hydroxylation sites is 1. The Bertz CT molecular complexity index is 3240. The van der Waals surface area contributed by atoms with E-state index in [0.29, 0.717) is 123 Å². The number of hydrogen-bond acceptors (Lipinski definition) is 24. The van der Waals surface area contributed by atoms with Crippen molar-refractivity contribution in [1.82, 2.24) is 41.0 Å². The number of carbonyl (C=O) groups is 9. The average molecular weight is 1430 g/mol. The summed E-state index contributed by atoms with van der Waals surface area (Å²) in [5, 5.41) is 24.4. The fourth-order valence-corrected chi connectivity index (χ4v) is 11.8. The van der Waals surface area contributed by atoms with Crippen LogP contribution in [0.2, 0.25) is 0 Å². The van der Waals surface area contributed by atoms with E-state index in [1.807, 2.05) is 31.2 Å². The molecule has 0 bridgehead atoms. The smallest absolute Gasteiger partial charge is 0.355 e. The van der Waals surface area contributed by atoms with Crippen LogP contribution in [-0.2, 0) is 120 Å². The fraction of sp³-hybridized carbons (Fsp3) is 0.667. The van der Waals surface area contributed by atoms with Gasteiger partial charge in [0.1, 0.15) is 30.8 Å². The highest BCUT2D eigenvalue weighted by molar-refractivity contribution is 5.96. The van der Waals surface area contributed by atoms with Gasteiger partial charge >= 0.3 is 17.9 Å². The molecule has 6 rings (SSSR count). The molecular formula is C69H104N10O22. The minimum atomic E-state index is -2.08. The van der Waals surface area contributed by atoms with Crippen molar-refractivity contribution in [2.24, 2.45) is 17.4 Å². The van der Waals surface area contributed by atoms with Gasteiger partial charge < -0.3 is 105 Å². The van der Waals surface area contributed by atoms with Crippen molar-refractivity contribution in [2.75, 3.05) is 152 Å². The van der Waals surface area contributed by atoms with Crippen LogP contribution in [0.3, 0.4) is 0 Å². The molecule has 32 nitrogen and oxygen atoms in total. The molecule has 562 valence electrons. The van der Waals surface area contributed by atoms with Gasteiger partial charge in [0.15, 0.2) is 0 Å². The van der Waals surface area contributed by atoms with E-state index in [-0.39, 0.29) is 141 Å². The minimum absolute atomic E-state index is 0.0123. The number of ether oxygens (including phenoxy) is 11. The van der Waals surface area contributed by atoms with E-state index in [9.17, 15) is 53.1 Å². The number of amides is 6. The van der Waals surface area contributed by atoms with Crippen molar-refractivity contribution in [1.29, 1.82) is 0 Å². The lowest BCUT2D eigenvalue weighted by Crippen LogP contribution is -2.57. The number of unbranched alkanes of at least 4 members (excludes halogenated alkanes) is 1. The molecule has 5 heterocycles. The summed E-state index contributed by atoms with van der Waals surface area (Å²) >= 11 is 0. The minimum Gasteiger partial charge on any atom is -0.481 e. The molecule has 0 unspecified atom stereocenters. The molecule has 6 amide bonds. The van der Waals surface area contributed by atoms with E-state index < -0.39 is 89.2 Å². The number of likely N-dealkylation sites (tertiary alicyclic amines) is 1. The molecule has 1 aromatic carbocycles. The second-order valence-electron chi connectivity index (χ2n) is 24.5. The van der Waals surface area contributed by atoms with Crippen molar-refractivity contribution >= 4 is 64.3 Å². The predicted octanol–water partition coefficient (Wildman–Crippen LogP) is 0.409. The predicted molar refractivity (Wildman–Crippen MR) is 365 cm³/mol. The quantitative estimate of drug-likeness (QED) is 0.0219. The Labute approximate surface area is 588 Å². The maximum Gasteiger partial charge on any atom is 0.355 e. The van der Waals surface area contributed by atoms with Crippen LogP contribution in [0.25, 0.3) is 22.3 Å². The monoisotopic (exact) mass is 1420 g/mol. The Morgan fingerprint density at radius 1 is 0.673 bits per heavy atom. The van der Waals surface area contributed by atoms with Gasteiger partial charge in [-0.2, -0.15) is 0 Å². The van der Waals surface area contributed by atoms with Crippen molar-refractivity contribution in [3.8, 4) is 11.4 Å². The van der Waals surface area contributed by atoms with Gasteiger partial charge in [-0.05, 0) is 68.6 Å². The topological polar surface area (TPSA) is 426 Å². The third-order valence-corrected chi connectivity index (χ3v) is 17.0. The molecule has 1 saturated heterocycles. The normalized spacial score (nSPS) is 16.2. The number of esters is 2. The number of benzene rings is 1. The van der Waals surface area contributed by atoms with Crippen LogP contribution in [0.5, 0.6) is 0 Å². The Kier molecular flexibility index (Phi) is 36.4. The van der Waals surface area contributed by atoms with Gasteiger partial charge in [0.25, 0.3) is 5.56 Å². The second-order valence-corrected chi connectivity index (χ2v) is 24.5. The number of cyclic esters (lactones) is 1. The molecular weight excluding hydrogens is 1320 g/mol. The van der Waals surface area contributed by atoms with E-state index in [0.717, 1.165) is 22.0 Å². The maximum absolute atomic E-state index is 14.5. The lowest BCUT2D eigenvalue weighted by molar-refractivity contribution is -0.191. The molecule has 2 aromatic heterocycles. The standard InChI is InChI=1S/C69H104N10O22/c1-5-47-48-12-7-8-13-52(48)76-62-49(47)44-79-56(62)42-51-50(65(79)87)45-100-68(90)69(51,6-2)101-67(89)61(46(3)4)77-64(86)55-15-11-23-78(55)66(88)54(43-60(83)84)75-59(82)18-26-93-32-38-99-41-35-96-29-22-73-63(85)53(74-58(81)17-25-92-31-37-98-40-34-95-28-20-71)14-9-10-21-72-57(80)16-24-91-30-36-97-39-33-94-27-19-70/h7-8,12-13,42,46,53-55,61H,5-6,9-11,14-41,43-45,70-71H2,1-4H3,(H,72,80)(H,73,85)(H,74,81)(H,75,82)(H,77,86)(H,83,84)/t53-,54-,55-,61-,69-/m0/s1. The first-order valence-corrected chi connectivity index (χ1v) is 35.0. The number of carboxylic acid groups (broad SMARTS) is 1. The van der Waals surface area contributed by atoms with E-state index in [1.54, 1.807) is 31.4 Å². The lowest BCUT2D eigenvalue weighted by atomic mass is 9.85. The molecule has 0 radical (unpaired) electrons. The van der Waals surface area contributed by atoms with Crippen LogP contribution in [-0.4, -0.2) is 249 Å². The van der Waals surface area contributed by atoms with Gasteiger partial charge in [-0.1, -0.05) is 45.9 Å². The van der Waals surface area contributed by atoms with Crippen LogP contribution in [0, 0.1) is 5.92 Å². The van der Waals surface area contributed by atoms with Crippen molar-refractivity contribution in [3.05, 3.63) is 62.9 Å². The second kappa shape index (κ2) is 44.7. The van der Waals surface area contributed by atoms with Gasteiger partial charge in [0.05, 0.1) is 154 Å². The molecule has 3 aliphatic heterocycles. The van der Waals surface area contributed by atoms with E-state index >= 15 is 0 Å². The van der Waals surface area contributed by atoms with Crippen molar-refractivity contribution in [3.63, 3.8) is 0 Å². The van der Waals surface area contributed by atoms with E-state index in [1.165, 1.54) is 4.90 Å². The molecule has 32 heteroatoms. The number of rotatable bonds is 52. The molecule has 1 fully saturated rings. The molecule has 3 aliphatic rings. The first-order chi connectivity index (χ1) is 48.9. The number of hydrogen-bond donors (Lipinski definition) is 8. The third kappa shape index (κ3) is 25.7. The molecule has 5 atom stereocenters. The van der Waals surface area contributed by atoms with E-state index in [4.69, 9.17) is 68.6 Å². The van der Waals surface area contributed by atoms with Crippen LogP contribution in [0.1, 0.15) is 114 Å². The number of aryl methyl sites for hydroxylation is 1.